The second kappa shape index (κ2) is 11.6. The zero-order valence-corrected chi connectivity index (χ0v) is 21.0. The number of halogens is 1. The van der Waals surface area contributed by atoms with E-state index in [-0.39, 0.29) is 18.2 Å². The number of Topliss-reactive ketones (excluding diaryl/α,β-unsaturated/α-hetero) is 1. The molecule has 8 nitrogen and oxygen atoms in total. The summed E-state index contributed by atoms with van der Waals surface area (Å²) in [5.74, 6) is -0.934. The average Bonchev–Trinajstić information content (AvgIpc) is 3.10. The smallest absolute Gasteiger partial charge is 0.354 e. The first-order chi connectivity index (χ1) is 16.3. The van der Waals surface area contributed by atoms with Crippen LogP contribution in [-0.4, -0.2) is 85.1 Å². The molecule has 1 aliphatic heterocycles. The van der Waals surface area contributed by atoms with Crippen LogP contribution in [0.25, 0.3) is 0 Å². The van der Waals surface area contributed by atoms with Gasteiger partial charge in [-0.3, -0.25) is 14.5 Å². The molecule has 0 saturated carbocycles. The molecule has 0 unspecified atom stereocenters. The highest BCUT2D eigenvalue weighted by Crippen LogP contribution is 2.24. The molecule has 0 aliphatic carbocycles. The fourth-order valence-corrected chi connectivity index (χ4v) is 4.55. The SMILES string of the molecule is CCn1c(C)c(C(=O)CN(CCN2CCOCC2)C(=O)c2ccc(Cl)cc2)c(C)c1C(=O)OC. The largest absolute Gasteiger partial charge is 0.464 e. The minimum atomic E-state index is -0.483. The van der Waals surface area contributed by atoms with Crippen LogP contribution in [0.2, 0.25) is 5.02 Å². The number of carbonyl (C=O) groups excluding carboxylic acids is 3. The predicted molar refractivity (Wildman–Crippen MR) is 130 cm³/mol. The molecule has 0 N–H and O–H groups in total. The molecule has 0 spiro atoms. The van der Waals surface area contributed by atoms with Crippen LogP contribution in [0, 0.1) is 13.8 Å². The van der Waals surface area contributed by atoms with E-state index in [1.807, 2.05) is 13.8 Å². The Bertz CT molecular complexity index is 1040. The average molecular weight is 490 g/mol. The zero-order chi connectivity index (χ0) is 24.8. The third-order valence-electron chi connectivity index (χ3n) is 6.24. The molecule has 1 fully saturated rings. The number of methoxy groups -OCH3 is 1. The Hall–Kier alpha value is -2.68. The molecule has 2 aromatic rings. The van der Waals surface area contributed by atoms with Gasteiger partial charge in [-0.25, -0.2) is 4.79 Å². The van der Waals surface area contributed by atoms with Gasteiger partial charge in [0, 0.05) is 54.6 Å². The number of carbonyl (C=O) groups is 3. The molecule has 1 saturated heterocycles. The van der Waals surface area contributed by atoms with E-state index in [0.29, 0.717) is 65.9 Å². The molecule has 184 valence electrons. The molecule has 1 aromatic heterocycles. The van der Waals surface area contributed by atoms with Gasteiger partial charge in [-0.15, -0.1) is 0 Å². The van der Waals surface area contributed by atoms with Crippen molar-refractivity contribution in [2.24, 2.45) is 0 Å². The fourth-order valence-electron chi connectivity index (χ4n) is 4.43. The molecule has 1 aromatic carbocycles. The van der Waals surface area contributed by atoms with Crippen LogP contribution in [0.15, 0.2) is 24.3 Å². The molecule has 0 radical (unpaired) electrons. The normalized spacial score (nSPS) is 14.1. The number of hydrogen-bond donors (Lipinski definition) is 0. The molecular formula is C25H32ClN3O5. The number of rotatable bonds is 9. The Morgan fingerprint density at radius 2 is 1.76 bits per heavy atom. The van der Waals surface area contributed by atoms with Crippen molar-refractivity contribution in [1.29, 1.82) is 0 Å². The third-order valence-corrected chi connectivity index (χ3v) is 6.50. The van der Waals surface area contributed by atoms with E-state index in [4.69, 9.17) is 21.1 Å². The van der Waals surface area contributed by atoms with E-state index >= 15 is 0 Å². The highest BCUT2D eigenvalue weighted by Gasteiger charge is 2.28. The molecule has 2 heterocycles. The van der Waals surface area contributed by atoms with E-state index in [0.717, 1.165) is 13.1 Å². The van der Waals surface area contributed by atoms with Crippen molar-refractivity contribution in [3.8, 4) is 0 Å². The van der Waals surface area contributed by atoms with E-state index in [2.05, 4.69) is 4.90 Å². The van der Waals surface area contributed by atoms with Gasteiger partial charge in [-0.1, -0.05) is 11.6 Å². The highest BCUT2D eigenvalue weighted by molar-refractivity contribution is 6.30. The maximum Gasteiger partial charge on any atom is 0.354 e. The minimum absolute atomic E-state index is 0.0954. The molecule has 34 heavy (non-hydrogen) atoms. The molecule has 1 aliphatic rings. The maximum absolute atomic E-state index is 13.5. The summed E-state index contributed by atoms with van der Waals surface area (Å²) in [5.41, 5.74) is 2.56. The Balaban J connectivity index is 1.88. The second-order valence-electron chi connectivity index (χ2n) is 8.28. The monoisotopic (exact) mass is 489 g/mol. The van der Waals surface area contributed by atoms with E-state index in [9.17, 15) is 14.4 Å². The van der Waals surface area contributed by atoms with Crippen LogP contribution in [0.1, 0.15) is 49.4 Å². The van der Waals surface area contributed by atoms with Crippen molar-refractivity contribution < 1.29 is 23.9 Å². The quantitative estimate of drug-likeness (QED) is 0.397. The van der Waals surface area contributed by atoms with Crippen LogP contribution in [-0.2, 0) is 16.0 Å². The Kier molecular flexibility index (Phi) is 8.88. The number of benzene rings is 1. The van der Waals surface area contributed by atoms with E-state index < -0.39 is 5.97 Å². The summed E-state index contributed by atoms with van der Waals surface area (Å²) in [5, 5.41) is 0.537. The van der Waals surface area contributed by atoms with Crippen LogP contribution in [0.5, 0.6) is 0 Å². The summed E-state index contributed by atoms with van der Waals surface area (Å²) in [4.78, 5) is 43.0. The Labute approximate surface area is 205 Å². The maximum atomic E-state index is 13.5. The first-order valence-electron chi connectivity index (χ1n) is 11.4. The number of aromatic nitrogens is 1. The van der Waals surface area contributed by atoms with Crippen LogP contribution >= 0.6 is 11.6 Å². The van der Waals surface area contributed by atoms with E-state index in [1.165, 1.54) is 7.11 Å². The van der Waals surface area contributed by atoms with Crippen molar-refractivity contribution in [2.45, 2.75) is 27.3 Å². The van der Waals surface area contributed by atoms with Crippen molar-refractivity contribution in [3.63, 3.8) is 0 Å². The number of hydrogen-bond acceptors (Lipinski definition) is 6. The number of amides is 1. The first kappa shape index (κ1) is 25.9. The Morgan fingerprint density at radius 3 is 2.35 bits per heavy atom. The molecule has 3 rings (SSSR count). The molecule has 0 bridgehead atoms. The Morgan fingerprint density at radius 1 is 1.12 bits per heavy atom. The minimum Gasteiger partial charge on any atom is -0.464 e. The topological polar surface area (TPSA) is 81.1 Å². The molecule has 0 atom stereocenters. The van der Waals surface area contributed by atoms with Gasteiger partial charge in [0.05, 0.1) is 26.9 Å². The van der Waals surface area contributed by atoms with E-state index in [1.54, 1.807) is 40.7 Å². The number of esters is 1. The van der Waals surface area contributed by atoms with Crippen LogP contribution < -0.4 is 0 Å². The summed E-state index contributed by atoms with van der Waals surface area (Å²) in [6.45, 7) is 9.82. The lowest BCUT2D eigenvalue weighted by molar-refractivity contribution is 0.0323. The lowest BCUT2D eigenvalue weighted by Crippen LogP contribution is -2.44. The lowest BCUT2D eigenvalue weighted by Gasteiger charge is -2.30. The fraction of sp³-hybridized carbons (Fsp3) is 0.480. The molecule has 9 heteroatoms. The predicted octanol–water partition coefficient (Wildman–Crippen LogP) is 3.22. The second-order valence-corrected chi connectivity index (χ2v) is 8.72. The molecular weight excluding hydrogens is 458 g/mol. The van der Waals surface area contributed by atoms with Gasteiger partial charge >= 0.3 is 5.97 Å². The summed E-state index contributed by atoms with van der Waals surface area (Å²) in [6, 6.07) is 6.65. The summed E-state index contributed by atoms with van der Waals surface area (Å²) >= 11 is 5.99. The highest BCUT2D eigenvalue weighted by atomic mass is 35.5. The third kappa shape index (κ3) is 5.68. The number of ether oxygens (including phenoxy) is 2. The van der Waals surface area contributed by atoms with Gasteiger partial charge in [-0.05, 0) is 50.6 Å². The van der Waals surface area contributed by atoms with Gasteiger partial charge in [0.2, 0.25) is 0 Å². The standard InChI is InChI=1S/C25H32ClN3O5/c1-5-29-18(3)22(17(2)23(29)25(32)33-4)21(30)16-28(11-10-27-12-14-34-15-13-27)24(31)19-6-8-20(26)9-7-19/h6-9H,5,10-16H2,1-4H3. The molecule has 1 amide bonds. The van der Waals surface area contributed by atoms with Gasteiger partial charge in [0.25, 0.3) is 5.91 Å². The van der Waals surface area contributed by atoms with Crippen molar-refractivity contribution in [2.75, 3.05) is 53.0 Å². The van der Waals surface area contributed by atoms with Gasteiger partial charge in [0.1, 0.15) is 5.69 Å². The van der Waals surface area contributed by atoms with Gasteiger partial charge < -0.3 is 18.9 Å². The van der Waals surface area contributed by atoms with Crippen LogP contribution in [0.3, 0.4) is 0 Å². The summed E-state index contributed by atoms with van der Waals surface area (Å²) < 4.78 is 12.1. The van der Waals surface area contributed by atoms with Crippen molar-refractivity contribution >= 4 is 29.3 Å². The summed E-state index contributed by atoms with van der Waals surface area (Å²) in [7, 11) is 1.32. The van der Waals surface area contributed by atoms with Gasteiger partial charge in [-0.2, -0.15) is 0 Å². The first-order valence-corrected chi connectivity index (χ1v) is 11.8. The summed E-state index contributed by atoms with van der Waals surface area (Å²) in [6.07, 6.45) is 0. The zero-order valence-electron chi connectivity index (χ0n) is 20.2. The van der Waals surface area contributed by atoms with Crippen LogP contribution in [0.4, 0.5) is 0 Å². The number of ketones is 1. The lowest BCUT2D eigenvalue weighted by atomic mass is 10.0. The van der Waals surface area contributed by atoms with Crippen molar-refractivity contribution in [1.82, 2.24) is 14.4 Å². The van der Waals surface area contributed by atoms with Gasteiger partial charge in [0.15, 0.2) is 5.78 Å². The number of morpholine rings is 1. The number of nitrogens with zero attached hydrogens (tertiary/aromatic N) is 3. The van der Waals surface area contributed by atoms with Crippen molar-refractivity contribution in [3.05, 3.63) is 57.4 Å².